The Morgan fingerprint density at radius 2 is 1.80 bits per heavy atom. The molecule has 0 bridgehead atoms. The quantitative estimate of drug-likeness (QED) is 0.201. The number of hydrogen-bond acceptors (Lipinski definition) is 7. The van der Waals surface area contributed by atoms with Crippen LogP contribution in [-0.2, 0) is 6.54 Å². The SMILES string of the molecule is COc1cccc(CNc2nccc(-c3cc(N4CCN(CCCN(C)C5CCCCC5)CC4)c4cc(C)ccc4c3)n2)c1. The number of benzene rings is 3. The predicted octanol–water partition coefficient (Wildman–Crippen LogP) is 7.00. The van der Waals surface area contributed by atoms with Crippen LogP contribution in [0, 0.1) is 6.92 Å². The number of anilines is 2. The molecule has 2 aliphatic rings. The lowest BCUT2D eigenvalue weighted by atomic mass is 9.94. The number of ether oxygens (including phenoxy) is 1. The molecule has 6 rings (SSSR count). The number of rotatable bonds is 11. The first kappa shape index (κ1) is 30.4. The van der Waals surface area contributed by atoms with E-state index in [1.54, 1.807) is 7.11 Å². The molecule has 1 aliphatic carbocycles. The number of methoxy groups -OCH3 is 1. The maximum atomic E-state index is 5.37. The first-order valence-corrected chi connectivity index (χ1v) is 16.5. The second-order valence-corrected chi connectivity index (χ2v) is 12.6. The molecule has 232 valence electrons. The first-order valence-electron chi connectivity index (χ1n) is 16.5. The van der Waals surface area contributed by atoms with Crippen molar-refractivity contribution in [1.82, 2.24) is 19.8 Å². The maximum Gasteiger partial charge on any atom is 0.223 e. The number of piperazine rings is 1. The largest absolute Gasteiger partial charge is 0.497 e. The van der Waals surface area contributed by atoms with Gasteiger partial charge < -0.3 is 19.9 Å². The van der Waals surface area contributed by atoms with Crippen molar-refractivity contribution >= 4 is 22.4 Å². The molecule has 0 atom stereocenters. The molecule has 3 aromatic carbocycles. The molecule has 1 aromatic heterocycles. The van der Waals surface area contributed by atoms with Crippen molar-refractivity contribution in [3.8, 4) is 17.0 Å². The van der Waals surface area contributed by atoms with Gasteiger partial charge in [-0.2, -0.15) is 0 Å². The third-order valence-electron chi connectivity index (χ3n) is 9.52. The Labute approximate surface area is 263 Å². The number of fused-ring (bicyclic) bond motifs is 1. The molecule has 0 radical (unpaired) electrons. The number of aryl methyl sites for hydroxylation is 1. The zero-order valence-corrected chi connectivity index (χ0v) is 26.8. The highest BCUT2D eigenvalue weighted by atomic mass is 16.5. The fraction of sp³-hybridized carbons (Fsp3) is 0.459. The lowest BCUT2D eigenvalue weighted by Crippen LogP contribution is -2.47. The predicted molar refractivity (Wildman–Crippen MR) is 183 cm³/mol. The van der Waals surface area contributed by atoms with Crippen LogP contribution in [0.25, 0.3) is 22.0 Å². The molecule has 0 amide bonds. The standard InChI is InChI=1S/C37H48N6O/c1-28-13-14-30-25-31(35-15-16-38-37(40-35)39-27-29-9-7-12-33(24-29)44-3)26-36(34(30)23-28)43-21-19-42(20-22-43)18-8-17-41(2)32-10-5-4-6-11-32/h7,9,12-16,23-26,32H,4-6,8,10-11,17-22,27H2,1-3H3,(H,38,39,40). The van der Waals surface area contributed by atoms with Gasteiger partial charge in [-0.05, 0) is 93.7 Å². The Morgan fingerprint density at radius 1 is 0.955 bits per heavy atom. The van der Waals surface area contributed by atoms with Gasteiger partial charge in [0.05, 0.1) is 12.8 Å². The van der Waals surface area contributed by atoms with Crippen LogP contribution in [0.3, 0.4) is 0 Å². The third-order valence-corrected chi connectivity index (χ3v) is 9.52. The van der Waals surface area contributed by atoms with Gasteiger partial charge in [0.1, 0.15) is 5.75 Å². The van der Waals surface area contributed by atoms with Crippen molar-refractivity contribution in [1.29, 1.82) is 0 Å². The molecular weight excluding hydrogens is 544 g/mol. The highest BCUT2D eigenvalue weighted by molar-refractivity contribution is 5.98. The molecule has 4 aromatic rings. The molecule has 7 heteroatoms. The average molecular weight is 593 g/mol. The van der Waals surface area contributed by atoms with E-state index in [0.717, 1.165) is 54.8 Å². The van der Waals surface area contributed by atoms with Crippen LogP contribution in [0.2, 0.25) is 0 Å². The van der Waals surface area contributed by atoms with Crippen molar-refractivity contribution in [3.05, 3.63) is 78.0 Å². The van der Waals surface area contributed by atoms with E-state index >= 15 is 0 Å². The van der Waals surface area contributed by atoms with Gasteiger partial charge in [0.15, 0.2) is 0 Å². The molecular formula is C37H48N6O. The van der Waals surface area contributed by atoms with Crippen LogP contribution < -0.4 is 15.0 Å². The van der Waals surface area contributed by atoms with Gasteiger partial charge in [0, 0.05) is 61.6 Å². The lowest BCUT2D eigenvalue weighted by molar-refractivity contribution is 0.174. The molecule has 1 saturated heterocycles. The summed E-state index contributed by atoms with van der Waals surface area (Å²) in [6.45, 7) is 9.52. The lowest BCUT2D eigenvalue weighted by Gasteiger charge is -2.37. The summed E-state index contributed by atoms with van der Waals surface area (Å²) in [5.74, 6) is 1.47. The molecule has 2 heterocycles. The van der Waals surface area contributed by atoms with Gasteiger partial charge in [-0.15, -0.1) is 0 Å². The van der Waals surface area contributed by atoms with E-state index in [9.17, 15) is 0 Å². The van der Waals surface area contributed by atoms with Crippen LogP contribution >= 0.6 is 0 Å². The second kappa shape index (κ2) is 14.4. The number of aromatic nitrogens is 2. The van der Waals surface area contributed by atoms with E-state index in [0.29, 0.717) is 12.5 Å². The summed E-state index contributed by atoms with van der Waals surface area (Å²) >= 11 is 0. The van der Waals surface area contributed by atoms with E-state index in [1.165, 1.54) is 73.6 Å². The fourth-order valence-electron chi connectivity index (χ4n) is 6.89. The van der Waals surface area contributed by atoms with E-state index in [4.69, 9.17) is 9.72 Å². The first-order chi connectivity index (χ1) is 21.6. The Balaban J connectivity index is 1.13. The van der Waals surface area contributed by atoms with Crippen LogP contribution in [0.15, 0.2) is 66.9 Å². The fourth-order valence-corrected chi connectivity index (χ4v) is 6.89. The summed E-state index contributed by atoms with van der Waals surface area (Å²) in [5.41, 5.74) is 5.77. The minimum atomic E-state index is 0.624. The molecule has 7 nitrogen and oxygen atoms in total. The maximum absolute atomic E-state index is 5.37. The smallest absolute Gasteiger partial charge is 0.223 e. The van der Waals surface area contributed by atoms with E-state index in [-0.39, 0.29) is 0 Å². The summed E-state index contributed by atoms with van der Waals surface area (Å²) in [5, 5.41) is 5.97. The zero-order valence-electron chi connectivity index (χ0n) is 26.8. The summed E-state index contributed by atoms with van der Waals surface area (Å²) in [6, 6.07) is 22.3. The minimum absolute atomic E-state index is 0.624. The van der Waals surface area contributed by atoms with Crippen molar-refractivity contribution in [2.45, 2.75) is 58.0 Å². The Morgan fingerprint density at radius 3 is 2.61 bits per heavy atom. The van der Waals surface area contributed by atoms with Crippen LogP contribution in [-0.4, -0.2) is 79.2 Å². The van der Waals surface area contributed by atoms with Gasteiger partial charge in [-0.1, -0.05) is 49.1 Å². The summed E-state index contributed by atoms with van der Waals surface area (Å²) < 4.78 is 5.37. The Kier molecular flexibility index (Phi) is 9.93. The summed E-state index contributed by atoms with van der Waals surface area (Å²) in [7, 11) is 4.03. The van der Waals surface area contributed by atoms with Crippen LogP contribution in [0.1, 0.15) is 49.7 Å². The van der Waals surface area contributed by atoms with E-state index < -0.39 is 0 Å². The normalized spacial score (nSPS) is 16.5. The number of nitrogens with one attached hydrogen (secondary N) is 1. The van der Waals surface area contributed by atoms with Crippen molar-refractivity contribution in [2.24, 2.45) is 0 Å². The van der Waals surface area contributed by atoms with Crippen molar-refractivity contribution < 1.29 is 4.74 Å². The number of hydrogen-bond donors (Lipinski definition) is 1. The Hall–Kier alpha value is -3.68. The minimum Gasteiger partial charge on any atom is -0.497 e. The third kappa shape index (κ3) is 7.51. The molecule has 1 aliphatic heterocycles. The van der Waals surface area contributed by atoms with Gasteiger partial charge >= 0.3 is 0 Å². The highest BCUT2D eigenvalue weighted by Gasteiger charge is 2.21. The molecule has 44 heavy (non-hydrogen) atoms. The van der Waals surface area contributed by atoms with Crippen molar-refractivity contribution in [3.63, 3.8) is 0 Å². The molecule has 0 unspecified atom stereocenters. The Bertz CT molecular complexity index is 1530. The molecule has 1 N–H and O–H groups in total. The van der Waals surface area contributed by atoms with Crippen LogP contribution in [0.5, 0.6) is 5.75 Å². The van der Waals surface area contributed by atoms with E-state index in [2.05, 4.69) is 75.4 Å². The molecule has 2 fully saturated rings. The molecule has 0 spiro atoms. The van der Waals surface area contributed by atoms with Gasteiger partial charge in [0.2, 0.25) is 5.95 Å². The number of nitrogens with zero attached hydrogens (tertiary/aromatic N) is 5. The monoisotopic (exact) mass is 592 g/mol. The zero-order chi connectivity index (χ0) is 30.3. The highest BCUT2D eigenvalue weighted by Crippen LogP contribution is 2.34. The van der Waals surface area contributed by atoms with Gasteiger partial charge in [0.25, 0.3) is 0 Å². The van der Waals surface area contributed by atoms with Crippen LogP contribution in [0.4, 0.5) is 11.6 Å². The summed E-state index contributed by atoms with van der Waals surface area (Å²) in [4.78, 5) is 17.3. The van der Waals surface area contributed by atoms with Gasteiger partial charge in [-0.3, -0.25) is 4.90 Å². The average Bonchev–Trinajstić information content (AvgIpc) is 3.08. The van der Waals surface area contributed by atoms with E-state index in [1.807, 2.05) is 30.5 Å². The summed E-state index contributed by atoms with van der Waals surface area (Å²) in [6.07, 6.45) is 10.1. The van der Waals surface area contributed by atoms with Gasteiger partial charge in [-0.25, -0.2) is 9.97 Å². The molecule has 1 saturated carbocycles. The second-order valence-electron chi connectivity index (χ2n) is 12.6. The topological polar surface area (TPSA) is 56.8 Å². The van der Waals surface area contributed by atoms with Crippen molar-refractivity contribution in [2.75, 3.05) is 63.6 Å².